The molecule has 0 aliphatic carbocycles. The van der Waals surface area contributed by atoms with Crippen LogP contribution in [-0.2, 0) is 11.8 Å². The van der Waals surface area contributed by atoms with Gasteiger partial charge in [-0.2, -0.15) is 5.10 Å². The van der Waals surface area contributed by atoms with E-state index >= 15 is 0 Å². The lowest BCUT2D eigenvalue weighted by atomic mass is 9.98. The number of hydrogen-bond acceptors (Lipinski definition) is 4. The Bertz CT molecular complexity index is 1300. The molecule has 0 fully saturated rings. The van der Waals surface area contributed by atoms with Gasteiger partial charge >= 0.3 is 0 Å². The zero-order chi connectivity index (χ0) is 22.8. The molecule has 1 amide bonds. The number of nitrogens with zero attached hydrogens (tertiary/aromatic N) is 3. The van der Waals surface area contributed by atoms with E-state index in [2.05, 4.69) is 40.8 Å². The maximum atomic E-state index is 11.9. The van der Waals surface area contributed by atoms with Gasteiger partial charge in [0.2, 0.25) is 5.91 Å². The number of aromatic amines is 1. The van der Waals surface area contributed by atoms with Crippen LogP contribution in [0.3, 0.4) is 0 Å². The van der Waals surface area contributed by atoms with Gasteiger partial charge in [-0.25, -0.2) is 4.98 Å². The molecule has 2 N–H and O–H groups in total. The lowest BCUT2D eigenvalue weighted by molar-refractivity contribution is -0.111. The molecule has 0 aliphatic rings. The smallest absolute Gasteiger partial charge is 0.247 e. The Balaban J connectivity index is 1.90. The molecule has 0 spiro atoms. The van der Waals surface area contributed by atoms with Crippen LogP contribution in [0, 0.1) is 12.8 Å². The van der Waals surface area contributed by atoms with Gasteiger partial charge in [0.15, 0.2) is 0 Å². The first-order valence-electron chi connectivity index (χ1n) is 10.5. The molecule has 32 heavy (non-hydrogen) atoms. The van der Waals surface area contributed by atoms with Crippen LogP contribution in [-0.4, -0.2) is 32.3 Å². The van der Waals surface area contributed by atoms with Crippen molar-refractivity contribution < 1.29 is 9.53 Å². The van der Waals surface area contributed by atoms with E-state index in [1.165, 1.54) is 6.08 Å². The maximum Gasteiger partial charge on any atom is 0.247 e. The van der Waals surface area contributed by atoms with Gasteiger partial charge in [-0.3, -0.25) is 9.48 Å². The molecule has 4 rings (SSSR count). The maximum absolute atomic E-state index is 11.9. The molecule has 0 bridgehead atoms. The number of carbonyl (C=O) groups excluding carboxylic acids is 1. The third kappa shape index (κ3) is 4.27. The van der Waals surface area contributed by atoms with Crippen molar-refractivity contribution in [3.63, 3.8) is 0 Å². The highest BCUT2D eigenvalue weighted by Crippen LogP contribution is 2.40. The average molecular weight is 430 g/mol. The number of carbonyl (C=O) groups is 1. The molecule has 0 saturated carbocycles. The molecule has 0 atom stereocenters. The number of aromatic nitrogens is 4. The predicted molar refractivity (Wildman–Crippen MR) is 128 cm³/mol. The van der Waals surface area contributed by atoms with Gasteiger partial charge < -0.3 is 15.0 Å². The van der Waals surface area contributed by atoms with Gasteiger partial charge in [-0.1, -0.05) is 32.6 Å². The van der Waals surface area contributed by atoms with Crippen molar-refractivity contribution in [3.8, 4) is 28.1 Å². The van der Waals surface area contributed by atoms with E-state index in [-0.39, 0.29) is 5.91 Å². The zero-order valence-corrected chi connectivity index (χ0v) is 18.8. The Morgan fingerprint density at radius 3 is 2.78 bits per heavy atom. The third-order valence-electron chi connectivity index (χ3n) is 5.17. The van der Waals surface area contributed by atoms with Gasteiger partial charge in [0.25, 0.3) is 0 Å². The fourth-order valence-corrected chi connectivity index (χ4v) is 3.56. The molecule has 4 aromatic rings. The van der Waals surface area contributed by atoms with Crippen molar-refractivity contribution in [2.24, 2.45) is 13.0 Å². The summed E-state index contributed by atoms with van der Waals surface area (Å²) >= 11 is 0. The van der Waals surface area contributed by atoms with E-state index in [9.17, 15) is 4.79 Å². The summed E-state index contributed by atoms with van der Waals surface area (Å²) in [4.78, 5) is 20.0. The van der Waals surface area contributed by atoms with Crippen LogP contribution in [0.2, 0.25) is 0 Å². The highest BCUT2D eigenvalue weighted by molar-refractivity contribution is 6.04. The van der Waals surface area contributed by atoms with Crippen LogP contribution in [0.15, 0.2) is 55.5 Å². The van der Waals surface area contributed by atoms with Crippen LogP contribution in [0.1, 0.15) is 19.4 Å². The minimum Gasteiger partial charge on any atom is -0.492 e. The number of amides is 1. The second-order valence-electron chi connectivity index (χ2n) is 8.27. The molecule has 0 radical (unpaired) electrons. The Morgan fingerprint density at radius 2 is 2.09 bits per heavy atom. The monoisotopic (exact) mass is 429 g/mol. The first kappa shape index (κ1) is 21.4. The number of benzene rings is 1. The van der Waals surface area contributed by atoms with Gasteiger partial charge in [-0.15, -0.1) is 0 Å². The molecule has 1 aromatic carbocycles. The topological polar surface area (TPSA) is 84.8 Å². The largest absolute Gasteiger partial charge is 0.492 e. The molecule has 0 unspecified atom stereocenters. The van der Waals surface area contributed by atoms with Gasteiger partial charge in [0.1, 0.15) is 11.4 Å². The second kappa shape index (κ2) is 8.70. The molecular formula is C25H27N5O2. The fraction of sp³-hybridized carbons (Fsp3) is 0.240. The molecule has 7 heteroatoms. The molecule has 0 saturated heterocycles. The first-order valence-corrected chi connectivity index (χ1v) is 10.5. The number of ether oxygens (including phenoxy) is 1. The van der Waals surface area contributed by atoms with Crippen molar-refractivity contribution in [2.75, 3.05) is 11.9 Å². The Hall–Kier alpha value is -3.87. The number of aryl methyl sites for hydroxylation is 2. The Morgan fingerprint density at radius 1 is 1.28 bits per heavy atom. The lowest BCUT2D eigenvalue weighted by Gasteiger charge is -2.11. The van der Waals surface area contributed by atoms with Crippen LogP contribution in [0.4, 0.5) is 5.69 Å². The predicted octanol–water partition coefficient (Wildman–Crippen LogP) is 5.10. The minimum atomic E-state index is -0.248. The van der Waals surface area contributed by atoms with E-state index in [0.29, 0.717) is 12.5 Å². The van der Waals surface area contributed by atoms with Gasteiger partial charge in [-0.05, 0) is 42.2 Å². The zero-order valence-electron chi connectivity index (χ0n) is 18.8. The Kier molecular flexibility index (Phi) is 5.81. The highest BCUT2D eigenvalue weighted by atomic mass is 16.5. The second-order valence-corrected chi connectivity index (χ2v) is 8.27. The Labute approximate surface area is 187 Å². The average Bonchev–Trinajstić information content (AvgIpc) is 3.36. The SMILES string of the molecule is C=CC(=O)Nc1cc(-c2c(-c3cnn(C)c3)[nH]c3ncc(OCC(C)C)cc23)ccc1C. The quantitative estimate of drug-likeness (QED) is 0.400. The number of nitrogens with one attached hydrogen (secondary N) is 2. The summed E-state index contributed by atoms with van der Waals surface area (Å²) in [6, 6.07) is 8.02. The molecule has 7 nitrogen and oxygen atoms in total. The van der Waals surface area contributed by atoms with E-state index < -0.39 is 0 Å². The van der Waals surface area contributed by atoms with E-state index in [4.69, 9.17) is 4.74 Å². The van der Waals surface area contributed by atoms with Gasteiger partial charge in [0.05, 0.1) is 24.7 Å². The van der Waals surface area contributed by atoms with Crippen LogP contribution in [0.25, 0.3) is 33.4 Å². The summed E-state index contributed by atoms with van der Waals surface area (Å²) in [6.45, 7) is 10.3. The third-order valence-corrected chi connectivity index (χ3v) is 5.17. The van der Waals surface area contributed by atoms with Crippen molar-refractivity contribution in [3.05, 3.63) is 61.1 Å². The summed E-state index contributed by atoms with van der Waals surface area (Å²) in [5.74, 6) is 0.884. The van der Waals surface area contributed by atoms with E-state index in [1.807, 2.05) is 50.6 Å². The van der Waals surface area contributed by atoms with Crippen molar-refractivity contribution in [1.29, 1.82) is 0 Å². The summed E-state index contributed by atoms with van der Waals surface area (Å²) in [7, 11) is 1.89. The lowest BCUT2D eigenvalue weighted by Crippen LogP contribution is -2.08. The molecule has 3 heterocycles. The first-order chi connectivity index (χ1) is 15.4. The van der Waals surface area contributed by atoms with E-state index in [1.54, 1.807) is 10.9 Å². The molecule has 164 valence electrons. The van der Waals surface area contributed by atoms with Gasteiger partial charge in [0, 0.05) is 35.4 Å². The summed E-state index contributed by atoms with van der Waals surface area (Å²) in [6.07, 6.45) is 6.78. The molecule has 3 aromatic heterocycles. The summed E-state index contributed by atoms with van der Waals surface area (Å²) in [5.41, 5.74) is 6.24. The number of hydrogen-bond donors (Lipinski definition) is 2. The van der Waals surface area contributed by atoms with Crippen molar-refractivity contribution in [2.45, 2.75) is 20.8 Å². The molecular weight excluding hydrogens is 402 g/mol. The number of fused-ring (bicyclic) bond motifs is 1. The number of rotatable bonds is 7. The fourth-order valence-electron chi connectivity index (χ4n) is 3.56. The minimum absolute atomic E-state index is 0.248. The van der Waals surface area contributed by atoms with Crippen LogP contribution < -0.4 is 10.1 Å². The summed E-state index contributed by atoms with van der Waals surface area (Å²) in [5, 5.41) is 8.16. The number of anilines is 1. The standard InChI is InChI=1S/C25H27N5O2/c1-6-22(31)28-21-9-17(8-7-16(21)4)23-20-10-19(32-14-15(2)3)12-26-25(20)29-24(23)18-11-27-30(5)13-18/h6-13,15H,1,14H2,2-5H3,(H,26,29)(H,28,31). The summed E-state index contributed by atoms with van der Waals surface area (Å²) < 4.78 is 7.70. The van der Waals surface area contributed by atoms with Crippen LogP contribution >= 0.6 is 0 Å². The molecule has 0 aliphatic heterocycles. The number of pyridine rings is 1. The van der Waals surface area contributed by atoms with Crippen molar-refractivity contribution >= 4 is 22.6 Å². The highest BCUT2D eigenvalue weighted by Gasteiger charge is 2.19. The van der Waals surface area contributed by atoms with E-state index in [0.717, 1.165) is 50.4 Å². The number of H-pyrrole nitrogens is 1. The normalized spacial score (nSPS) is 11.2. The van der Waals surface area contributed by atoms with Crippen molar-refractivity contribution in [1.82, 2.24) is 19.7 Å². The van der Waals surface area contributed by atoms with Crippen LogP contribution in [0.5, 0.6) is 5.75 Å².